The first kappa shape index (κ1) is 23.1. The number of rotatable bonds is 1. The van der Waals surface area contributed by atoms with E-state index in [9.17, 15) is 9.18 Å². The van der Waals surface area contributed by atoms with Crippen molar-refractivity contribution in [3.05, 3.63) is 35.6 Å². The molecule has 0 amide bonds. The summed E-state index contributed by atoms with van der Waals surface area (Å²) in [5.41, 5.74) is 0.0985. The Hall–Kier alpha value is -0.0738. The molecule has 0 atom stereocenters. The normalized spacial score (nSPS) is 11.8. The molecular weight excluding hydrogens is 294 g/mol. The number of ether oxygens (including phenoxy) is 1. The largest absolute Gasteiger partial charge is 2.00 e. The van der Waals surface area contributed by atoms with E-state index in [1.165, 1.54) is 25.0 Å². The van der Waals surface area contributed by atoms with Gasteiger partial charge in [-0.2, -0.15) is 0 Å². The summed E-state index contributed by atoms with van der Waals surface area (Å²) < 4.78 is 17.1. The number of carboxylic acid groups (broad SMARTS) is 1. The number of hydrogen-bond donors (Lipinski definition) is 1. The fourth-order valence-corrected chi connectivity index (χ4v) is 1.10. The van der Waals surface area contributed by atoms with E-state index in [0.717, 1.165) is 25.3 Å². The van der Waals surface area contributed by atoms with Crippen LogP contribution >= 0.6 is 0 Å². The summed E-state index contributed by atoms with van der Waals surface area (Å²) >= 11 is 0. The molecule has 0 unspecified atom stereocenters. The molecule has 18 heavy (non-hydrogen) atoms. The Morgan fingerprint density at radius 2 is 1.56 bits per heavy atom. The summed E-state index contributed by atoms with van der Waals surface area (Å²) in [7, 11) is 0. The molecule has 1 heterocycles. The first-order chi connectivity index (χ1) is 7.20. The van der Waals surface area contributed by atoms with E-state index in [1.807, 2.05) is 0 Å². The minimum Gasteiger partial charge on any atom is -1.00 e. The van der Waals surface area contributed by atoms with Crippen molar-refractivity contribution in [2.24, 2.45) is 0 Å². The Morgan fingerprint density at radius 3 is 1.83 bits per heavy atom. The van der Waals surface area contributed by atoms with Gasteiger partial charge in [0.15, 0.2) is 0 Å². The Labute approximate surface area is 134 Å². The van der Waals surface area contributed by atoms with Crippen LogP contribution in [0, 0.1) is 5.82 Å². The monoisotopic (exact) mass is 306 g/mol. The molecule has 1 saturated heterocycles. The molecule has 2 rings (SSSR count). The molecule has 98 valence electrons. The number of benzene rings is 1. The van der Waals surface area contributed by atoms with Crippen molar-refractivity contribution in [1.82, 2.24) is 0 Å². The van der Waals surface area contributed by atoms with E-state index in [1.54, 1.807) is 0 Å². The number of hydrogen-bond acceptors (Lipinski definition) is 2. The second-order valence-electron chi connectivity index (χ2n) is 3.13. The third kappa shape index (κ3) is 9.91. The van der Waals surface area contributed by atoms with Crippen LogP contribution in [0.5, 0.6) is 0 Å². The van der Waals surface area contributed by atoms with E-state index >= 15 is 0 Å². The second-order valence-corrected chi connectivity index (χ2v) is 3.13. The van der Waals surface area contributed by atoms with E-state index in [0.29, 0.717) is 0 Å². The Kier molecular flexibility index (Phi) is 17.1. The van der Waals surface area contributed by atoms with Crippen molar-refractivity contribution < 1.29 is 43.8 Å². The maximum atomic E-state index is 12.2. The standard InChI is InChI=1S/C7H5FO2.C4H8O.2ClH.Mg/c8-6-3-1-5(2-4-6)7(9)10;1-2-4-5-3-1;;;/h1-4H,(H,9,10);1-4H2;2*1H;/q;;;;+2/p-2. The molecule has 1 aliphatic rings. The Balaban J connectivity index is -0.000000245. The first-order valence-corrected chi connectivity index (χ1v) is 4.77. The average Bonchev–Trinajstić information content (AvgIpc) is 2.76. The van der Waals surface area contributed by atoms with E-state index in [-0.39, 0.29) is 53.4 Å². The number of aromatic carboxylic acids is 1. The van der Waals surface area contributed by atoms with Crippen molar-refractivity contribution in [3.63, 3.8) is 0 Å². The third-order valence-corrected chi connectivity index (χ3v) is 1.92. The topological polar surface area (TPSA) is 46.5 Å². The fourth-order valence-electron chi connectivity index (χ4n) is 1.10. The van der Waals surface area contributed by atoms with E-state index < -0.39 is 11.8 Å². The van der Waals surface area contributed by atoms with Gasteiger partial charge in [-0.05, 0) is 37.1 Å². The van der Waals surface area contributed by atoms with Crippen LogP contribution in [0.4, 0.5) is 4.39 Å². The molecule has 0 aliphatic carbocycles. The van der Waals surface area contributed by atoms with Gasteiger partial charge in [0, 0.05) is 13.2 Å². The quantitative estimate of drug-likeness (QED) is 0.537. The molecule has 0 bridgehead atoms. The van der Waals surface area contributed by atoms with Crippen LogP contribution in [-0.4, -0.2) is 47.3 Å². The fraction of sp³-hybridized carbons (Fsp3) is 0.364. The smallest absolute Gasteiger partial charge is 1.00 e. The predicted molar refractivity (Wildman–Crippen MR) is 59.2 cm³/mol. The van der Waals surface area contributed by atoms with E-state index in [4.69, 9.17) is 9.84 Å². The summed E-state index contributed by atoms with van der Waals surface area (Å²) in [6.45, 7) is 2.00. The SMILES string of the molecule is C1CCOC1.O=C(O)c1ccc(F)cc1.[Cl-].[Cl-].[Mg+2]. The molecule has 0 spiro atoms. The van der Waals surface area contributed by atoms with Gasteiger partial charge in [0.25, 0.3) is 0 Å². The van der Waals surface area contributed by atoms with Gasteiger partial charge in [-0.3, -0.25) is 0 Å². The molecule has 0 aromatic heterocycles. The minimum atomic E-state index is -1.04. The number of carbonyl (C=O) groups is 1. The van der Waals surface area contributed by atoms with Crippen molar-refractivity contribution in [3.8, 4) is 0 Å². The van der Waals surface area contributed by atoms with E-state index in [2.05, 4.69) is 0 Å². The minimum absolute atomic E-state index is 0. The zero-order chi connectivity index (χ0) is 11.1. The van der Waals surface area contributed by atoms with Crippen LogP contribution in [0.1, 0.15) is 23.2 Å². The Morgan fingerprint density at radius 1 is 1.11 bits per heavy atom. The number of halogens is 3. The molecule has 1 aromatic rings. The first-order valence-electron chi connectivity index (χ1n) is 4.77. The maximum absolute atomic E-state index is 12.2. The molecule has 7 heteroatoms. The molecule has 1 fully saturated rings. The van der Waals surface area contributed by atoms with Gasteiger partial charge < -0.3 is 34.7 Å². The molecular formula is C11H13Cl2FMgO3. The zero-order valence-electron chi connectivity index (χ0n) is 9.74. The van der Waals surface area contributed by atoms with Crippen molar-refractivity contribution in [2.45, 2.75) is 12.8 Å². The van der Waals surface area contributed by atoms with Crippen molar-refractivity contribution in [2.75, 3.05) is 13.2 Å². The van der Waals surface area contributed by atoms with Gasteiger partial charge >= 0.3 is 29.0 Å². The summed E-state index contributed by atoms with van der Waals surface area (Å²) in [6.07, 6.45) is 2.56. The van der Waals surface area contributed by atoms with Crippen LogP contribution in [0.2, 0.25) is 0 Å². The molecule has 0 saturated carbocycles. The summed E-state index contributed by atoms with van der Waals surface area (Å²) in [5, 5.41) is 8.35. The zero-order valence-corrected chi connectivity index (χ0v) is 12.7. The van der Waals surface area contributed by atoms with Crippen LogP contribution < -0.4 is 24.8 Å². The number of carboxylic acids is 1. The van der Waals surface area contributed by atoms with Gasteiger partial charge in [-0.25, -0.2) is 9.18 Å². The maximum Gasteiger partial charge on any atom is 2.00 e. The molecule has 0 radical (unpaired) electrons. The van der Waals surface area contributed by atoms with Gasteiger partial charge in [0.1, 0.15) is 5.82 Å². The van der Waals surface area contributed by atoms with Gasteiger partial charge in [-0.1, -0.05) is 0 Å². The van der Waals surface area contributed by atoms with Gasteiger partial charge in [0.05, 0.1) is 5.56 Å². The second kappa shape index (κ2) is 13.4. The Bertz CT molecular complexity index is 311. The van der Waals surface area contributed by atoms with Crippen molar-refractivity contribution >= 4 is 29.0 Å². The van der Waals surface area contributed by atoms with Gasteiger partial charge in [0.2, 0.25) is 0 Å². The summed E-state index contributed by atoms with van der Waals surface area (Å²) in [4.78, 5) is 10.2. The molecule has 1 aromatic carbocycles. The van der Waals surface area contributed by atoms with Crippen LogP contribution in [0.25, 0.3) is 0 Å². The van der Waals surface area contributed by atoms with Crippen LogP contribution in [0.3, 0.4) is 0 Å². The third-order valence-electron chi connectivity index (χ3n) is 1.92. The molecule has 3 nitrogen and oxygen atoms in total. The van der Waals surface area contributed by atoms with Crippen LogP contribution in [-0.2, 0) is 4.74 Å². The van der Waals surface area contributed by atoms with Crippen molar-refractivity contribution in [1.29, 1.82) is 0 Å². The van der Waals surface area contributed by atoms with Crippen LogP contribution in [0.15, 0.2) is 24.3 Å². The predicted octanol–water partition coefficient (Wildman–Crippen LogP) is -4.05. The molecule has 1 N–H and O–H groups in total. The summed E-state index contributed by atoms with van der Waals surface area (Å²) in [5.74, 6) is -1.47. The summed E-state index contributed by atoms with van der Waals surface area (Å²) in [6, 6.07) is 4.67. The van der Waals surface area contributed by atoms with Gasteiger partial charge in [-0.15, -0.1) is 0 Å². The average molecular weight is 307 g/mol. The molecule has 1 aliphatic heterocycles.